The van der Waals surface area contributed by atoms with E-state index in [1.807, 2.05) is 6.07 Å². The Morgan fingerprint density at radius 3 is 2.75 bits per heavy atom. The average molecular weight is 287 g/mol. The maximum absolute atomic E-state index is 12.1. The van der Waals surface area contributed by atoms with Crippen LogP contribution in [0.2, 0.25) is 5.02 Å². The van der Waals surface area contributed by atoms with Crippen LogP contribution in [-0.2, 0) is 0 Å². The van der Waals surface area contributed by atoms with Crippen LogP contribution in [0.1, 0.15) is 21.5 Å². The number of benzene rings is 2. The van der Waals surface area contributed by atoms with Gasteiger partial charge in [-0.15, -0.1) is 0 Å². The SMILES string of the molecule is Cc1cccc(C(=O)Nc2ccc(C#N)cc2Cl)c1O. The molecule has 4 nitrogen and oxygen atoms in total. The number of aryl methyl sites for hydroxylation is 1. The number of carbonyl (C=O) groups excluding carboxylic acids is 1. The maximum Gasteiger partial charge on any atom is 0.259 e. The van der Waals surface area contributed by atoms with Crippen molar-refractivity contribution >= 4 is 23.2 Å². The molecule has 0 spiro atoms. The van der Waals surface area contributed by atoms with Gasteiger partial charge in [0.1, 0.15) is 5.75 Å². The average Bonchev–Trinajstić information content (AvgIpc) is 2.44. The zero-order valence-corrected chi connectivity index (χ0v) is 11.4. The number of para-hydroxylation sites is 1. The molecule has 5 heteroatoms. The van der Waals surface area contributed by atoms with Gasteiger partial charge in [0, 0.05) is 0 Å². The van der Waals surface area contributed by atoms with Crippen molar-refractivity contribution in [1.82, 2.24) is 0 Å². The van der Waals surface area contributed by atoms with Crippen LogP contribution in [0.3, 0.4) is 0 Å². The summed E-state index contributed by atoms with van der Waals surface area (Å²) in [5, 5.41) is 21.5. The first-order chi connectivity index (χ1) is 9.52. The Kier molecular flexibility index (Phi) is 3.92. The number of carbonyl (C=O) groups is 1. The smallest absolute Gasteiger partial charge is 0.259 e. The minimum absolute atomic E-state index is 0.0604. The lowest BCUT2D eigenvalue weighted by molar-refractivity contribution is 0.102. The van der Waals surface area contributed by atoms with Gasteiger partial charge in [-0.1, -0.05) is 23.7 Å². The van der Waals surface area contributed by atoms with Gasteiger partial charge < -0.3 is 10.4 Å². The van der Waals surface area contributed by atoms with Crippen molar-refractivity contribution in [2.75, 3.05) is 5.32 Å². The number of rotatable bonds is 2. The Morgan fingerprint density at radius 1 is 1.35 bits per heavy atom. The molecule has 2 rings (SSSR count). The maximum atomic E-state index is 12.1. The summed E-state index contributed by atoms with van der Waals surface area (Å²) in [7, 11) is 0. The third-order valence-electron chi connectivity index (χ3n) is 2.83. The van der Waals surface area contributed by atoms with Gasteiger partial charge in [-0.2, -0.15) is 5.26 Å². The third-order valence-corrected chi connectivity index (χ3v) is 3.14. The predicted molar refractivity (Wildman–Crippen MR) is 77.0 cm³/mol. The van der Waals surface area contributed by atoms with Gasteiger partial charge in [-0.3, -0.25) is 4.79 Å². The van der Waals surface area contributed by atoms with Crippen molar-refractivity contribution in [3.8, 4) is 11.8 Å². The normalized spacial score (nSPS) is 9.85. The van der Waals surface area contributed by atoms with E-state index in [1.54, 1.807) is 31.2 Å². The van der Waals surface area contributed by atoms with Crippen LogP contribution in [0.4, 0.5) is 5.69 Å². The Hall–Kier alpha value is -2.51. The second-order valence-electron chi connectivity index (χ2n) is 4.23. The van der Waals surface area contributed by atoms with E-state index in [0.717, 1.165) is 0 Å². The Morgan fingerprint density at radius 2 is 2.10 bits per heavy atom. The first-order valence-corrected chi connectivity index (χ1v) is 6.20. The topological polar surface area (TPSA) is 73.1 Å². The molecule has 0 saturated carbocycles. The van der Waals surface area contributed by atoms with Gasteiger partial charge in [0.15, 0.2) is 0 Å². The molecule has 0 bridgehead atoms. The van der Waals surface area contributed by atoms with Crippen LogP contribution >= 0.6 is 11.6 Å². The number of nitrogens with zero attached hydrogens (tertiary/aromatic N) is 1. The fourth-order valence-corrected chi connectivity index (χ4v) is 1.95. The Bertz CT molecular complexity index is 720. The molecule has 0 radical (unpaired) electrons. The van der Waals surface area contributed by atoms with E-state index in [4.69, 9.17) is 16.9 Å². The van der Waals surface area contributed by atoms with Crippen molar-refractivity contribution in [1.29, 1.82) is 5.26 Å². The van der Waals surface area contributed by atoms with Crippen LogP contribution in [-0.4, -0.2) is 11.0 Å². The van der Waals surface area contributed by atoms with Gasteiger partial charge in [-0.25, -0.2) is 0 Å². The highest BCUT2D eigenvalue weighted by molar-refractivity contribution is 6.34. The van der Waals surface area contributed by atoms with Crippen molar-refractivity contribution in [3.63, 3.8) is 0 Å². The standard InChI is InChI=1S/C15H11ClN2O2/c1-9-3-2-4-11(14(9)19)15(20)18-13-6-5-10(8-17)7-12(13)16/h2-7,19H,1H3,(H,18,20). The third kappa shape index (κ3) is 2.73. The van der Waals surface area contributed by atoms with Gasteiger partial charge in [0.2, 0.25) is 0 Å². The highest BCUT2D eigenvalue weighted by Crippen LogP contribution is 2.26. The number of nitrogens with one attached hydrogen (secondary N) is 1. The van der Waals surface area contributed by atoms with E-state index in [9.17, 15) is 9.90 Å². The number of aromatic hydroxyl groups is 1. The Balaban J connectivity index is 2.29. The van der Waals surface area contributed by atoms with Crippen LogP contribution in [0.25, 0.3) is 0 Å². The summed E-state index contributed by atoms with van der Waals surface area (Å²) in [5.74, 6) is -0.521. The van der Waals surface area contributed by atoms with E-state index >= 15 is 0 Å². The second kappa shape index (κ2) is 5.64. The van der Waals surface area contributed by atoms with Gasteiger partial charge in [0.25, 0.3) is 5.91 Å². The molecule has 0 aliphatic rings. The lowest BCUT2D eigenvalue weighted by Crippen LogP contribution is -2.12. The second-order valence-corrected chi connectivity index (χ2v) is 4.64. The van der Waals surface area contributed by atoms with Gasteiger partial charge in [0.05, 0.1) is 27.9 Å². The monoisotopic (exact) mass is 286 g/mol. The summed E-state index contributed by atoms with van der Waals surface area (Å²) in [6.07, 6.45) is 0. The number of anilines is 1. The molecule has 0 fully saturated rings. The molecule has 0 aliphatic heterocycles. The zero-order chi connectivity index (χ0) is 14.7. The quantitative estimate of drug-likeness (QED) is 0.887. The molecule has 100 valence electrons. The molecule has 0 heterocycles. The van der Waals surface area contributed by atoms with Gasteiger partial charge in [-0.05, 0) is 36.8 Å². The first-order valence-electron chi connectivity index (χ1n) is 5.82. The molecule has 0 atom stereocenters. The van der Waals surface area contributed by atoms with Crippen LogP contribution in [0.5, 0.6) is 5.75 Å². The van der Waals surface area contributed by atoms with E-state index in [-0.39, 0.29) is 16.3 Å². The van der Waals surface area contributed by atoms with Crippen molar-refractivity contribution < 1.29 is 9.90 Å². The van der Waals surface area contributed by atoms with Crippen LogP contribution in [0.15, 0.2) is 36.4 Å². The first kappa shape index (κ1) is 13.9. The number of halogens is 1. The molecule has 0 aliphatic carbocycles. The highest BCUT2D eigenvalue weighted by Gasteiger charge is 2.14. The summed E-state index contributed by atoms with van der Waals surface area (Å²) in [6.45, 7) is 1.71. The van der Waals surface area contributed by atoms with E-state index < -0.39 is 5.91 Å². The highest BCUT2D eigenvalue weighted by atomic mass is 35.5. The summed E-state index contributed by atoms with van der Waals surface area (Å²) >= 11 is 5.98. The predicted octanol–water partition coefficient (Wildman–Crippen LogP) is 3.48. The fourth-order valence-electron chi connectivity index (χ4n) is 1.72. The van der Waals surface area contributed by atoms with E-state index in [2.05, 4.69) is 5.32 Å². The lowest BCUT2D eigenvalue weighted by Gasteiger charge is -2.09. The molecule has 1 amide bonds. The lowest BCUT2D eigenvalue weighted by atomic mass is 10.1. The molecule has 2 aromatic carbocycles. The number of amides is 1. The Labute approximate surface area is 121 Å². The number of hydrogen-bond donors (Lipinski definition) is 2. The number of phenolic OH excluding ortho intramolecular Hbond substituents is 1. The molecule has 0 saturated heterocycles. The van der Waals surface area contributed by atoms with Crippen LogP contribution < -0.4 is 5.32 Å². The minimum atomic E-state index is -0.460. The van der Waals surface area contributed by atoms with Crippen molar-refractivity contribution in [2.24, 2.45) is 0 Å². The molecule has 20 heavy (non-hydrogen) atoms. The molecular formula is C15H11ClN2O2. The zero-order valence-electron chi connectivity index (χ0n) is 10.6. The summed E-state index contributed by atoms with van der Waals surface area (Å²) in [5.41, 5.74) is 1.58. The molecule has 2 aromatic rings. The molecular weight excluding hydrogens is 276 g/mol. The van der Waals surface area contributed by atoms with Gasteiger partial charge >= 0.3 is 0 Å². The summed E-state index contributed by atoms with van der Waals surface area (Å²) < 4.78 is 0. The molecule has 0 unspecified atom stereocenters. The number of hydrogen-bond acceptors (Lipinski definition) is 3. The summed E-state index contributed by atoms with van der Waals surface area (Å²) in [6, 6.07) is 11.4. The fraction of sp³-hybridized carbons (Fsp3) is 0.0667. The molecule has 2 N–H and O–H groups in total. The number of nitriles is 1. The largest absolute Gasteiger partial charge is 0.507 e. The minimum Gasteiger partial charge on any atom is -0.507 e. The van der Waals surface area contributed by atoms with Crippen molar-refractivity contribution in [3.05, 3.63) is 58.1 Å². The molecule has 0 aromatic heterocycles. The van der Waals surface area contributed by atoms with E-state index in [1.165, 1.54) is 12.1 Å². The number of phenols is 1. The van der Waals surface area contributed by atoms with Crippen LogP contribution in [0, 0.1) is 18.3 Å². The van der Waals surface area contributed by atoms with E-state index in [0.29, 0.717) is 16.8 Å². The van der Waals surface area contributed by atoms with Crippen molar-refractivity contribution in [2.45, 2.75) is 6.92 Å². The summed E-state index contributed by atoms with van der Waals surface area (Å²) in [4.78, 5) is 12.1.